The maximum absolute atomic E-state index is 9.57. The van der Waals surface area contributed by atoms with Crippen LogP contribution in [0.15, 0.2) is 12.2 Å². The van der Waals surface area contributed by atoms with Gasteiger partial charge in [0.15, 0.2) is 0 Å². The minimum absolute atomic E-state index is 0.0602. The molecule has 0 fully saturated rings. The molecule has 0 aliphatic rings. The Morgan fingerprint density at radius 3 is 2.30 bits per heavy atom. The summed E-state index contributed by atoms with van der Waals surface area (Å²) in [7, 11) is 0. The Labute approximate surface area is 67.7 Å². The molecule has 0 aromatic rings. The maximum atomic E-state index is 9.57. The first-order valence-electron chi connectivity index (χ1n) is 3.35. The second-order valence-electron chi connectivity index (χ2n) is 3.06. The van der Waals surface area contributed by atoms with E-state index in [1.54, 1.807) is 6.92 Å². The fourth-order valence-corrected chi connectivity index (χ4v) is 0.878. The van der Waals surface area contributed by atoms with Crippen LogP contribution in [-0.4, -0.2) is 16.6 Å². The highest BCUT2D eigenvalue weighted by molar-refractivity contribution is 6.18. The van der Waals surface area contributed by atoms with Crippen molar-refractivity contribution in [2.45, 2.75) is 26.4 Å². The van der Waals surface area contributed by atoms with Crippen molar-refractivity contribution in [1.82, 2.24) is 0 Å². The normalized spacial score (nSPS) is 19.7. The highest BCUT2D eigenvalue weighted by atomic mass is 35.5. The fraction of sp³-hybridized carbons (Fsp3) is 0.750. The van der Waals surface area contributed by atoms with Gasteiger partial charge in [-0.25, -0.2) is 0 Å². The van der Waals surface area contributed by atoms with Crippen molar-refractivity contribution in [1.29, 1.82) is 0 Å². The minimum atomic E-state index is -0.812. The average molecular weight is 163 g/mol. The van der Waals surface area contributed by atoms with Crippen LogP contribution in [0.25, 0.3) is 0 Å². The highest BCUT2D eigenvalue weighted by Crippen LogP contribution is 2.23. The molecule has 0 saturated carbocycles. The lowest BCUT2D eigenvalue weighted by atomic mass is 9.88. The van der Waals surface area contributed by atoms with E-state index in [0.29, 0.717) is 0 Å². The van der Waals surface area contributed by atoms with Gasteiger partial charge in [-0.15, -0.1) is 11.6 Å². The molecule has 0 aromatic heterocycles. The molecule has 0 aliphatic heterocycles. The molecule has 0 spiro atoms. The zero-order chi connectivity index (χ0) is 8.36. The van der Waals surface area contributed by atoms with Crippen LogP contribution in [0.2, 0.25) is 0 Å². The smallest absolute Gasteiger partial charge is 0.0816 e. The summed E-state index contributed by atoms with van der Waals surface area (Å²) in [4.78, 5) is 0. The van der Waals surface area contributed by atoms with Gasteiger partial charge in [0.05, 0.1) is 11.5 Å². The van der Waals surface area contributed by atoms with Crippen molar-refractivity contribution in [3.8, 4) is 0 Å². The fourth-order valence-electron chi connectivity index (χ4n) is 0.647. The van der Waals surface area contributed by atoms with Crippen LogP contribution >= 0.6 is 11.6 Å². The van der Waals surface area contributed by atoms with E-state index in [2.05, 4.69) is 6.58 Å². The van der Waals surface area contributed by atoms with Gasteiger partial charge in [0.2, 0.25) is 0 Å². The molecule has 2 heteroatoms. The summed E-state index contributed by atoms with van der Waals surface area (Å²) in [6.45, 7) is 9.29. The molecule has 0 heterocycles. The lowest BCUT2D eigenvalue weighted by Gasteiger charge is -2.28. The number of alkyl halides is 1. The third-order valence-corrected chi connectivity index (χ3v) is 2.48. The van der Waals surface area contributed by atoms with E-state index < -0.39 is 5.60 Å². The molecule has 0 amide bonds. The van der Waals surface area contributed by atoms with E-state index in [9.17, 15) is 5.11 Å². The van der Waals surface area contributed by atoms with Gasteiger partial charge in [0.25, 0.3) is 0 Å². The van der Waals surface area contributed by atoms with E-state index in [4.69, 9.17) is 11.6 Å². The molecule has 10 heavy (non-hydrogen) atoms. The van der Waals surface area contributed by atoms with Crippen molar-refractivity contribution in [3.05, 3.63) is 12.2 Å². The molecule has 0 bridgehead atoms. The molecule has 0 saturated heterocycles. The molecule has 0 radical (unpaired) electrons. The quantitative estimate of drug-likeness (QED) is 0.498. The van der Waals surface area contributed by atoms with Gasteiger partial charge in [0.1, 0.15) is 0 Å². The predicted octanol–water partition coefficient (Wildman–Crippen LogP) is 2.19. The number of hydrogen-bond donors (Lipinski definition) is 1. The molecule has 0 aromatic carbocycles. The molecule has 0 aliphatic carbocycles. The van der Waals surface area contributed by atoms with Crippen LogP contribution in [0, 0.1) is 5.92 Å². The third kappa shape index (κ3) is 2.31. The Bertz CT molecular complexity index is 129. The van der Waals surface area contributed by atoms with Gasteiger partial charge >= 0.3 is 0 Å². The van der Waals surface area contributed by atoms with E-state index in [1.807, 2.05) is 13.8 Å². The summed E-state index contributed by atoms with van der Waals surface area (Å²) >= 11 is 5.54. The Morgan fingerprint density at radius 2 is 2.20 bits per heavy atom. The van der Waals surface area contributed by atoms with Gasteiger partial charge in [0, 0.05) is 5.92 Å². The van der Waals surface area contributed by atoms with Crippen molar-refractivity contribution in [2.75, 3.05) is 5.88 Å². The molecule has 60 valence electrons. The standard InChI is InChI=1S/C8H15ClO/c1-6(2)7(3)8(4,10)5-9/h7,10H,1,5H2,2-4H3. The molecule has 0 rings (SSSR count). The van der Waals surface area contributed by atoms with Crippen LogP contribution in [0.3, 0.4) is 0 Å². The topological polar surface area (TPSA) is 20.2 Å². The maximum Gasteiger partial charge on any atom is 0.0816 e. The predicted molar refractivity (Wildman–Crippen MR) is 45.3 cm³/mol. The molecule has 2 atom stereocenters. The first-order chi connectivity index (χ1) is 4.41. The Kier molecular flexibility index (Phi) is 3.40. The molecule has 1 N–H and O–H groups in total. The van der Waals surface area contributed by atoms with Crippen LogP contribution < -0.4 is 0 Å². The monoisotopic (exact) mass is 162 g/mol. The SMILES string of the molecule is C=C(C)C(C)C(C)(O)CCl. The summed E-state index contributed by atoms with van der Waals surface area (Å²) in [6, 6.07) is 0. The van der Waals surface area contributed by atoms with E-state index in [1.165, 1.54) is 0 Å². The van der Waals surface area contributed by atoms with Crippen LogP contribution in [-0.2, 0) is 0 Å². The van der Waals surface area contributed by atoms with E-state index >= 15 is 0 Å². The summed E-state index contributed by atoms with van der Waals surface area (Å²) in [5, 5.41) is 9.57. The van der Waals surface area contributed by atoms with Crippen LogP contribution in [0.5, 0.6) is 0 Å². The summed E-state index contributed by atoms with van der Waals surface area (Å²) < 4.78 is 0. The van der Waals surface area contributed by atoms with Gasteiger partial charge < -0.3 is 5.11 Å². The number of halogens is 1. The summed E-state index contributed by atoms with van der Waals surface area (Å²) in [5.74, 6) is 0.311. The second-order valence-corrected chi connectivity index (χ2v) is 3.33. The van der Waals surface area contributed by atoms with Crippen molar-refractivity contribution in [2.24, 2.45) is 5.92 Å². The van der Waals surface area contributed by atoms with Crippen molar-refractivity contribution >= 4 is 11.6 Å². The molecular weight excluding hydrogens is 148 g/mol. The van der Waals surface area contributed by atoms with Crippen LogP contribution in [0.4, 0.5) is 0 Å². The third-order valence-electron chi connectivity index (χ3n) is 1.94. The van der Waals surface area contributed by atoms with E-state index in [-0.39, 0.29) is 11.8 Å². The highest BCUT2D eigenvalue weighted by Gasteiger charge is 2.27. The Hall–Kier alpha value is -0.0100. The van der Waals surface area contributed by atoms with Gasteiger partial charge in [-0.1, -0.05) is 19.1 Å². The van der Waals surface area contributed by atoms with Crippen molar-refractivity contribution in [3.63, 3.8) is 0 Å². The Balaban J connectivity index is 4.17. The number of rotatable bonds is 3. The van der Waals surface area contributed by atoms with Gasteiger partial charge in [-0.2, -0.15) is 0 Å². The largest absolute Gasteiger partial charge is 0.388 e. The van der Waals surface area contributed by atoms with Crippen LogP contribution in [0.1, 0.15) is 20.8 Å². The minimum Gasteiger partial charge on any atom is -0.388 e. The first kappa shape index (κ1) is 9.99. The average Bonchev–Trinajstić information content (AvgIpc) is 1.86. The number of hydrogen-bond acceptors (Lipinski definition) is 1. The zero-order valence-electron chi connectivity index (χ0n) is 6.82. The van der Waals surface area contributed by atoms with Gasteiger partial charge in [-0.3, -0.25) is 0 Å². The van der Waals surface area contributed by atoms with Crippen molar-refractivity contribution < 1.29 is 5.11 Å². The molecular formula is C8H15ClO. The first-order valence-corrected chi connectivity index (χ1v) is 3.89. The second kappa shape index (κ2) is 3.40. The summed E-state index contributed by atoms with van der Waals surface area (Å²) in [5.41, 5.74) is 0.151. The lowest BCUT2D eigenvalue weighted by Crippen LogP contribution is -2.35. The van der Waals surface area contributed by atoms with Gasteiger partial charge in [-0.05, 0) is 13.8 Å². The number of aliphatic hydroxyl groups is 1. The summed E-state index contributed by atoms with van der Waals surface area (Å²) in [6.07, 6.45) is 0. The van der Waals surface area contributed by atoms with E-state index in [0.717, 1.165) is 5.57 Å². The zero-order valence-corrected chi connectivity index (χ0v) is 7.57. The molecule has 2 unspecified atom stereocenters. The lowest BCUT2D eigenvalue weighted by molar-refractivity contribution is 0.0435. The Morgan fingerprint density at radius 1 is 1.80 bits per heavy atom. The molecule has 1 nitrogen and oxygen atoms in total.